The van der Waals surface area contributed by atoms with Gasteiger partial charge < -0.3 is 10.6 Å². The molecule has 3 heteroatoms. The third-order valence-electron chi connectivity index (χ3n) is 7.14. The molecule has 0 bridgehead atoms. The predicted molar refractivity (Wildman–Crippen MR) is 114 cm³/mol. The van der Waals surface area contributed by atoms with Crippen molar-refractivity contribution in [1.29, 1.82) is 0 Å². The van der Waals surface area contributed by atoms with Crippen LogP contribution in [0, 0.1) is 0 Å². The summed E-state index contributed by atoms with van der Waals surface area (Å²) in [6, 6.07) is 2.99. The van der Waals surface area contributed by atoms with Gasteiger partial charge in [-0.3, -0.25) is 0 Å². The van der Waals surface area contributed by atoms with Gasteiger partial charge in [0.05, 0.1) is 0 Å². The van der Waals surface area contributed by atoms with Crippen molar-refractivity contribution in [2.24, 2.45) is 0 Å². The van der Waals surface area contributed by atoms with Crippen LogP contribution in [-0.4, -0.2) is 24.2 Å². The first-order chi connectivity index (χ1) is 12.9. The minimum Gasteiger partial charge on any atom is -0.657 e. The fourth-order valence-electron chi connectivity index (χ4n) is 5.52. The molecule has 0 unspecified atom stereocenters. The molecule has 0 aromatic heterocycles. The zero-order valence-corrected chi connectivity index (χ0v) is 19.2. The first kappa shape index (κ1) is 23.9. The SMILES string of the molecule is C1CCC([N-]C2CCCCC2)CC1.C1CCC([N-]C2CCCCC2)CC1.[Pd+2]. The Morgan fingerprint density at radius 3 is 0.667 bits per heavy atom. The Labute approximate surface area is 183 Å². The molecule has 4 rings (SSSR count). The molecule has 4 aliphatic carbocycles. The van der Waals surface area contributed by atoms with E-state index >= 15 is 0 Å². The van der Waals surface area contributed by atoms with Crippen molar-refractivity contribution in [2.75, 3.05) is 0 Å². The molecule has 0 radical (unpaired) electrons. The van der Waals surface area contributed by atoms with E-state index in [9.17, 15) is 0 Å². The smallest absolute Gasteiger partial charge is 0.657 e. The molecule has 4 fully saturated rings. The van der Waals surface area contributed by atoms with E-state index in [1.165, 1.54) is 128 Å². The van der Waals surface area contributed by atoms with E-state index in [-0.39, 0.29) is 20.4 Å². The van der Waals surface area contributed by atoms with E-state index in [4.69, 9.17) is 10.6 Å². The van der Waals surface area contributed by atoms with E-state index in [1.54, 1.807) is 0 Å². The van der Waals surface area contributed by atoms with Crippen LogP contribution in [0.1, 0.15) is 128 Å². The van der Waals surface area contributed by atoms with Crippen LogP contribution in [-0.2, 0) is 20.4 Å². The van der Waals surface area contributed by atoms with Gasteiger partial charge in [0, 0.05) is 0 Å². The monoisotopic (exact) mass is 466 g/mol. The average molecular weight is 467 g/mol. The summed E-state index contributed by atoms with van der Waals surface area (Å²) in [5.41, 5.74) is 0. The Bertz CT molecular complexity index is 272. The maximum absolute atomic E-state index is 5.00. The minimum absolute atomic E-state index is 0. The molecule has 0 atom stereocenters. The molecule has 160 valence electrons. The summed E-state index contributed by atoms with van der Waals surface area (Å²) in [6.45, 7) is 0. The second kappa shape index (κ2) is 14.5. The van der Waals surface area contributed by atoms with Gasteiger partial charge in [-0.2, -0.15) is 0 Å². The summed E-state index contributed by atoms with van der Waals surface area (Å²) in [5, 5.41) is 9.99. The maximum atomic E-state index is 5.00. The summed E-state index contributed by atoms with van der Waals surface area (Å²) >= 11 is 0. The molecule has 0 aliphatic heterocycles. The normalized spacial score (nSPS) is 26.7. The van der Waals surface area contributed by atoms with E-state index < -0.39 is 0 Å². The van der Waals surface area contributed by atoms with Gasteiger partial charge in [0.25, 0.3) is 0 Å². The van der Waals surface area contributed by atoms with Crippen molar-refractivity contribution in [2.45, 2.75) is 153 Å². The summed E-state index contributed by atoms with van der Waals surface area (Å²) in [5.74, 6) is 0. The third kappa shape index (κ3) is 9.75. The van der Waals surface area contributed by atoms with Gasteiger partial charge in [0.15, 0.2) is 0 Å². The first-order valence-electron chi connectivity index (χ1n) is 12.3. The van der Waals surface area contributed by atoms with E-state index in [1.807, 2.05) is 0 Å². The van der Waals surface area contributed by atoms with Crippen LogP contribution in [0.2, 0.25) is 0 Å². The van der Waals surface area contributed by atoms with Crippen LogP contribution in [0.4, 0.5) is 0 Å². The Balaban J connectivity index is 0.000000187. The van der Waals surface area contributed by atoms with Crippen LogP contribution in [0.15, 0.2) is 0 Å². The maximum Gasteiger partial charge on any atom is 2.00 e. The molecule has 0 aromatic rings. The Morgan fingerprint density at radius 2 is 0.481 bits per heavy atom. The van der Waals surface area contributed by atoms with Gasteiger partial charge >= 0.3 is 20.4 Å². The van der Waals surface area contributed by atoms with E-state index in [0.717, 1.165) is 24.2 Å². The van der Waals surface area contributed by atoms with Crippen LogP contribution in [0.5, 0.6) is 0 Å². The van der Waals surface area contributed by atoms with Gasteiger partial charge in [0.1, 0.15) is 0 Å². The largest absolute Gasteiger partial charge is 2.00 e. The van der Waals surface area contributed by atoms with Gasteiger partial charge in [-0.15, -0.1) is 24.2 Å². The first-order valence-corrected chi connectivity index (χ1v) is 12.3. The second-order valence-electron chi connectivity index (χ2n) is 9.47. The van der Waals surface area contributed by atoms with Crippen LogP contribution in [0.25, 0.3) is 10.6 Å². The second-order valence-corrected chi connectivity index (χ2v) is 9.47. The Kier molecular flexibility index (Phi) is 12.9. The van der Waals surface area contributed by atoms with Gasteiger partial charge in [-0.05, 0) is 0 Å². The zero-order chi connectivity index (χ0) is 17.9. The van der Waals surface area contributed by atoms with Crippen molar-refractivity contribution in [3.8, 4) is 0 Å². The number of nitrogens with zero attached hydrogens (tertiary/aromatic N) is 2. The zero-order valence-electron chi connectivity index (χ0n) is 17.7. The van der Waals surface area contributed by atoms with Gasteiger partial charge in [0.2, 0.25) is 0 Å². The molecule has 0 saturated heterocycles. The standard InChI is InChI=1S/2C12H22N.Pd/c2*1-3-7-11(8-4-1)13-12-9-5-2-6-10-12;/h2*11-12H,1-10H2;/q2*-1;+2. The van der Waals surface area contributed by atoms with E-state index in [0.29, 0.717) is 0 Å². The topological polar surface area (TPSA) is 28.2 Å². The molecule has 0 spiro atoms. The fraction of sp³-hybridized carbons (Fsp3) is 1.00. The van der Waals surface area contributed by atoms with Crippen molar-refractivity contribution in [1.82, 2.24) is 0 Å². The van der Waals surface area contributed by atoms with Crippen molar-refractivity contribution in [3.63, 3.8) is 0 Å². The third-order valence-corrected chi connectivity index (χ3v) is 7.14. The molecule has 4 aliphatic rings. The molecule has 0 N–H and O–H groups in total. The van der Waals surface area contributed by atoms with Gasteiger partial charge in [-0.1, -0.05) is 128 Å². The van der Waals surface area contributed by atoms with E-state index in [2.05, 4.69) is 0 Å². The summed E-state index contributed by atoms with van der Waals surface area (Å²) in [6.07, 6.45) is 28.4. The Hall–Kier alpha value is 0.582. The van der Waals surface area contributed by atoms with Crippen LogP contribution < -0.4 is 0 Å². The molecular formula is C24H44N2Pd. The number of hydrogen-bond acceptors (Lipinski definition) is 0. The van der Waals surface area contributed by atoms with Gasteiger partial charge in [-0.25, -0.2) is 0 Å². The minimum atomic E-state index is 0. The molecule has 2 nitrogen and oxygen atoms in total. The predicted octanol–water partition coefficient (Wildman–Crippen LogP) is 8.05. The van der Waals surface area contributed by atoms with Crippen molar-refractivity contribution >= 4 is 0 Å². The molecule has 0 heterocycles. The fourth-order valence-corrected chi connectivity index (χ4v) is 5.52. The summed E-state index contributed by atoms with van der Waals surface area (Å²) in [4.78, 5) is 0. The molecule has 27 heavy (non-hydrogen) atoms. The molecule has 0 aromatic carbocycles. The summed E-state index contributed by atoms with van der Waals surface area (Å²) < 4.78 is 0. The van der Waals surface area contributed by atoms with Crippen molar-refractivity contribution in [3.05, 3.63) is 10.6 Å². The van der Waals surface area contributed by atoms with Crippen molar-refractivity contribution < 1.29 is 20.4 Å². The quantitative estimate of drug-likeness (QED) is 0.375. The number of hydrogen-bond donors (Lipinski definition) is 0. The molecule has 0 amide bonds. The van der Waals surface area contributed by atoms with Crippen LogP contribution in [0.3, 0.4) is 0 Å². The average Bonchev–Trinajstić information content (AvgIpc) is 2.72. The number of rotatable bonds is 4. The summed E-state index contributed by atoms with van der Waals surface area (Å²) in [7, 11) is 0. The molecular weight excluding hydrogens is 423 g/mol. The van der Waals surface area contributed by atoms with Crippen LogP contribution >= 0.6 is 0 Å². The Morgan fingerprint density at radius 1 is 0.296 bits per heavy atom. The molecule has 4 saturated carbocycles.